The molecule has 0 aliphatic rings. The molecule has 0 unspecified atom stereocenters. The van der Waals surface area contributed by atoms with Crippen LogP contribution in [0.1, 0.15) is 78.1 Å². The summed E-state index contributed by atoms with van der Waals surface area (Å²) < 4.78 is 10.8. The van der Waals surface area contributed by atoms with E-state index in [1.54, 1.807) is 0 Å². The molecule has 0 bridgehead atoms. The second-order valence-electron chi connectivity index (χ2n) is 8.33. The summed E-state index contributed by atoms with van der Waals surface area (Å²) in [5.74, 6) is 1.04. The first-order chi connectivity index (χ1) is 14.6. The summed E-state index contributed by atoms with van der Waals surface area (Å²) in [7, 11) is 0. The fourth-order valence-corrected chi connectivity index (χ4v) is 3.45. The molecule has 0 amide bonds. The third kappa shape index (κ3) is 9.43. The van der Waals surface area contributed by atoms with Gasteiger partial charge < -0.3 is 9.47 Å². The van der Waals surface area contributed by atoms with Crippen LogP contribution in [0.5, 0.6) is 5.75 Å². The summed E-state index contributed by atoms with van der Waals surface area (Å²) in [5, 5.41) is 2.04. The summed E-state index contributed by atoms with van der Waals surface area (Å²) >= 11 is 0. The molecule has 4 heteroatoms. The number of fused-ring (bicyclic) bond motifs is 1. The van der Waals surface area contributed by atoms with Crippen LogP contribution in [-0.4, -0.2) is 18.5 Å². The normalized spacial score (nSPS) is 11.0. The zero-order valence-corrected chi connectivity index (χ0v) is 18.5. The molecule has 4 nitrogen and oxygen atoms in total. The van der Waals surface area contributed by atoms with Gasteiger partial charge in [0.2, 0.25) is 0 Å². The van der Waals surface area contributed by atoms with Crippen LogP contribution in [0.25, 0.3) is 10.8 Å². The number of carbonyl (C=O) groups is 2. The smallest absolute Gasteiger partial charge is 0.311 e. The average molecular weight is 413 g/mol. The molecule has 2 aromatic carbocycles. The SMILES string of the molecule is CC(C)CCCOC(=O)CCCCCCCCC(=O)Oc1cccc2ccccc12. The van der Waals surface area contributed by atoms with E-state index in [0.29, 0.717) is 31.1 Å². The molecule has 0 aliphatic heterocycles. The molecule has 164 valence electrons. The first-order valence-electron chi connectivity index (χ1n) is 11.4. The monoisotopic (exact) mass is 412 g/mol. The number of rotatable bonds is 14. The van der Waals surface area contributed by atoms with Crippen molar-refractivity contribution in [3.63, 3.8) is 0 Å². The highest BCUT2D eigenvalue weighted by Crippen LogP contribution is 2.25. The molecule has 0 aromatic heterocycles. The van der Waals surface area contributed by atoms with Crippen molar-refractivity contribution < 1.29 is 19.1 Å². The molecule has 0 aliphatic carbocycles. The summed E-state index contributed by atoms with van der Waals surface area (Å²) in [6, 6.07) is 13.7. The Morgan fingerprint density at radius 2 is 1.40 bits per heavy atom. The summed E-state index contributed by atoms with van der Waals surface area (Å²) in [6.45, 7) is 4.90. The summed E-state index contributed by atoms with van der Waals surface area (Å²) in [4.78, 5) is 23.8. The molecule has 2 rings (SSSR count). The molecular weight excluding hydrogens is 376 g/mol. The Bertz CT molecular complexity index is 776. The van der Waals surface area contributed by atoms with Crippen LogP contribution in [0, 0.1) is 5.92 Å². The van der Waals surface area contributed by atoms with E-state index in [4.69, 9.17) is 9.47 Å². The van der Waals surface area contributed by atoms with Crippen LogP contribution in [-0.2, 0) is 14.3 Å². The largest absolute Gasteiger partial charge is 0.466 e. The lowest BCUT2D eigenvalue weighted by Gasteiger charge is -2.08. The third-order valence-electron chi connectivity index (χ3n) is 5.17. The van der Waals surface area contributed by atoms with Gasteiger partial charge in [-0.25, -0.2) is 0 Å². The van der Waals surface area contributed by atoms with Crippen LogP contribution >= 0.6 is 0 Å². The molecule has 0 atom stereocenters. The zero-order chi connectivity index (χ0) is 21.6. The molecule has 0 saturated heterocycles. The van der Waals surface area contributed by atoms with E-state index < -0.39 is 0 Å². The van der Waals surface area contributed by atoms with Gasteiger partial charge in [0.15, 0.2) is 0 Å². The van der Waals surface area contributed by atoms with E-state index in [1.807, 2.05) is 42.5 Å². The minimum Gasteiger partial charge on any atom is -0.466 e. The minimum absolute atomic E-state index is 0.0741. The van der Waals surface area contributed by atoms with Gasteiger partial charge in [-0.1, -0.05) is 75.9 Å². The molecule has 2 aromatic rings. The molecule has 30 heavy (non-hydrogen) atoms. The summed E-state index contributed by atoms with van der Waals surface area (Å²) in [6.07, 6.45) is 8.91. The fraction of sp³-hybridized carbons (Fsp3) is 0.538. The molecule has 0 heterocycles. The number of carbonyl (C=O) groups excluding carboxylic acids is 2. The zero-order valence-electron chi connectivity index (χ0n) is 18.5. The van der Waals surface area contributed by atoms with Gasteiger partial charge in [-0.2, -0.15) is 0 Å². The first-order valence-corrected chi connectivity index (χ1v) is 11.4. The second kappa shape index (κ2) is 13.8. The van der Waals surface area contributed by atoms with Gasteiger partial charge in [0, 0.05) is 18.2 Å². The molecule has 0 saturated carbocycles. The Hall–Kier alpha value is -2.36. The molecule has 0 radical (unpaired) electrons. The maximum absolute atomic E-state index is 12.1. The number of hydrogen-bond donors (Lipinski definition) is 0. The summed E-state index contributed by atoms with van der Waals surface area (Å²) in [5.41, 5.74) is 0. The maximum Gasteiger partial charge on any atom is 0.311 e. The Morgan fingerprint density at radius 1 is 0.767 bits per heavy atom. The lowest BCUT2D eigenvalue weighted by atomic mass is 10.1. The van der Waals surface area contributed by atoms with Crippen LogP contribution in [0.2, 0.25) is 0 Å². The van der Waals surface area contributed by atoms with E-state index in [9.17, 15) is 9.59 Å². The van der Waals surface area contributed by atoms with Crippen LogP contribution in [0.3, 0.4) is 0 Å². The number of unbranched alkanes of at least 4 members (excludes halogenated alkanes) is 5. The quantitative estimate of drug-likeness (QED) is 0.193. The number of ether oxygens (including phenoxy) is 2. The van der Waals surface area contributed by atoms with Gasteiger partial charge in [0.25, 0.3) is 0 Å². The third-order valence-corrected chi connectivity index (χ3v) is 5.17. The van der Waals surface area contributed by atoms with Gasteiger partial charge in [0.1, 0.15) is 5.75 Å². The van der Waals surface area contributed by atoms with Crippen molar-refractivity contribution in [3.05, 3.63) is 42.5 Å². The Kier molecular flexibility index (Phi) is 11.0. The standard InChI is InChI=1S/C26H36O4/c1-21(2)13-12-20-29-25(27)18-7-5-3-4-6-8-19-26(28)30-24-17-11-15-22-14-9-10-16-23(22)24/h9-11,14-17,21H,3-8,12-13,18-20H2,1-2H3. The van der Waals surface area contributed by atoms with Gasteiger partial charge in [-0.3, -0.25) is 9.59 Å². The van der Waals surface area contributed by atoms with Crippen molar-refractivity contribution in [1.82, 2.24) is 0 Å². The van der Waals surface area contributed by atoms with Crippen molar-refractivity contribution in [3.8, 4) is 5.75 Å². The van der Waals surface area contributed by atoms with E-state index in [0.717, 1.165) is 62.1 Å². The van der Waals surface area contributed by atoms with Gasteiger partial charge in [-0.05, 0) is 43.1 Å². The van der Waals surface area contributed by atoms with E-state index in [-0.39, 0.29) is 11.9 Å². The predicted octanol–water partition coefficient (Wildman–Crippen LogP) is 6.85. The predicted molar refractivity (Wildman–Crippen MR) is 122 cm³/mol. The van der Waals surface area contributed by atoms with Gasteiger partial charge in [0.05, 0.1) is 6.61 Å². The lowest BCUT2D eigenvalue weighted by Crippen LogP contribution is -2.07. The fourth-order valence-electron chi connectivity index (χ4n) is 3.45. The molecule has 0 spiro atoms. The van der Waals surface area contributed by atoms with Crippen molar-refractivity contribution in [2.75, 3.05) is 6.61 Å². The van der Waals surface area contributed by atoms with E-state index in [2.05, 4.69) is 13.8 Å². The number of hydrogen-bond acceptors (Lipinski definition) is 4. The van der Waals surface area contributed by atoms with E-state index in [1.165, 1.54) is 0 Å². The average Bonchev–Trinajstić information content (AvgIpc) is 2.73. The maximum atomic E-state index is 12.1. The highest BCUT2D eigenvalue weighted by atomic mass is 16.5. The Labute approximate surface area is 181 Å². The van der Waals surface area contributed by atoms with Crippen LogP contribution in [0.15, 0.2) is 42.5 Å². The van der Waals surface area contributed by atoms with Gasteiger partial charge >= 0.3 is 11.9 Å². The van der Waals surface area contributed by atoms with Crippen molar-refractivity contribution >= 4 is 22.7 Å². The topological polar surface area (TPSA) is 52.6 Å². The second-order valence-corrected chi connectivity index (χ2v) is 8.33. The number of benzene rings is 2. The van der Waals surface area contributed by atoms with Crippen molar-refractivity contribution in [2.45, 2.75) is 78.1 Å². The first kappa shape index (κ1) is 23.9. The Morgan fingerprint density at radius 3 is 2.13 bits per heavy atom. The van der Waals surface area contributed by atoms with Crippen molar-refractivity contribution in [2.24, 2.45) is 5.92 Å². The minimum atomic E-state index is -0.174. The van der Waals surface area contributed by atoms with E-state index >= 15 is 0 Å². The van der Waals surface area contributed by atoms with Crippen LogP contribution in [0.4, 0.5) is 0 Å². The van der Waals surface area contributed by atoms with Crippen molar-refractivity contribution in [1.29, 1.82) is 0 Å². The van der Waals surface area contributed by atoms with Crippen LogP contribution < -0.4 is 4.74 Å². The van der Waals surface area contributed by atoms with Gasteiger partial charge in [-0.15, -0.1) is 0 Å². The lowest BCUT2D eigenvalue weighted by molar-refractivity contribution is -0.144. The highest BCUT2D eigenvalue weighted by Gasteiger charge is 2.08. The molecular formula is C26H36O4. The highest BCUT2D eigenvalue weighted by molar-refractivity contribution is 5.90. The molecule has 0 N–H and O–H groups in total. The molecule has 0 fully saturated rings. The Balaban J connectivity index is 1.49. The number of esters is 2.